The van der Waals surface area contributed by atoms with Gasteiger partial charge in [-0.1, -0.05) is 44.2 Å². The Morgan fingerprint density at radius 3 is 2.69 bits per heavy atom. The predicted molar refractivity (Wildman–Crippen MR) is 126 cm³/mol. The average molecular weight is 451 g/mol. The maximum atomic E-state index is 11.5. The molecule has 0 spiro atoms. The second kappa shape index (κ2) is 7.89. The Morgan fingerprint density at radius 2 is 1.97 bits per heavy atom. The summed E-state index contributed by atoms with van der Waals surface area (Å²) in [7, 11) is 0. The van der Waals surface area contributed by atoms with E-state index in [9.17, 15) is 9.90 Å². The lowest BCUT2D eigenvalue weighted by atomic mass is 9.53. The zero-order valence-corrected chi connectivity index (χ0v) is 19.7. The van der Waals surface area contributed by atoms with E-state index >= 15 is 0 Å². The van der Waals surface area contributed by atoms with E-state index in [2.05, 4.69) is 58.3 Å². The molecule has 1 aliphatic carbocycles. The molecule has 0 amide bonds. The lowest BCUT2D eigenvalue weighted by molar-refractivity contribution is -0.132. The number of carbonyl (C=O) groups is 1. The van der Waals surface area contributed by atoms with E-state index in [1.165, 1.54) is 16.9 Å². The molecule has 0 radical (unpaired) electrons. The molecule has 2 aromatic rings. The number of piperidine rings is 1. The monoisotopic (exact) mass is 450 g/mol. The van der Waals surface area contributed by atoms with E-state index in [1.807, 2.05) is 0 Å². The summed E-state index contributed by atoms with van der Waals surface area (Å²) in [6.45, 7) is 9.32. The summed E-state index contributed by atoms with van der Waals surface area (Å²) in [6, 6.07) is 6.63. The standard InChI is InChI=1S/C25H30N4O2S/c1-16(23(30)31)11-20-24(2)7-4-8-25(20,3)15-29(14-24)13-17-5-6-19-18(12-17)28-21-22(32-19)27-10-9-26-21/h5-6,9-12,20H,4,7-8,13-15H2,1-3H3,(H,26,28)(H,30,31). The van der Waals surface area contributed by atoms with Gasteiger partial charge in [-0.25, -0.2) is 14.8 Å². The van der Waals surface area contributed by atoms with Crippen LogP contribution in [0.25, 0.3) is 0 Å². The van der Waals surface area contributed by atoms with Gasteiger partial charge in [0.25, 0.3) is 0 Å². The van der Waals surface area contributed by atoms with Gasteiger partial charge in [-0.15, -0.1) is 0 Å². The summed E-state index contributed by atoms with van der Waals surface area (Å²) >= 11 is 1.65. The van der Waals surface area contributed by atoms with Crippen molar-refractivity contribution in [3.05, 3.63) is 47.8 Å². The van der Waals surface area contributed by atoms with E-state index < -0.39 is 5.97 Å². The molecule has 2 N–H and O–H groups in total. The number of benzene rings is 1. The van der Waals surface area contributed by atoms with Crippen LogP contribution in [0.3, 0.4) is 0 Å². The minimum atomic E-state index is -0.802. The number of carboxylic acid groups (broad SMARTS) is 1. The Morgan fingerprint density at radius 1 is 1.25 bits per heavy atom. The Bertz CT molecular complexity index is 1080. The number of hydrogen-bond donors (Lipinski definition) is 2. The van der Waals surface area contributed by atoms with Gasteiger partial charge in [-0.2, -0.15) is 0 Å². The highest BCUT2D eigenvalue weighted by Crippen LogP contribution is 2.56. The molecular formula is C25H30N4O2S. The first-order chi connectivity index (χ1) is 15.3. The fourth-order valence-electron chi connectivity index (χ4n) is 6.15. The van der Waals surface area contributed by atoms with Crippen LogP contribution in [0.1, 0.15) is 45.6 Å². The fraction of sp³-hybridized carbons (Fsp3) is 0.480. The minimum Gasteiger partial charge on any atom is -0.478 e. The quantitative estimate of drug-likeness (QED) is 0.519. The molecule has 32 heavy (non-hydrogen) atoms. The Labute approximate surface area is 193 Å². The number of rotatable bonds is 4. The third-order valence-corrected chi connectivity index (χ3v) is 8.56. The van der Waals surface area contributed by atoms with Crippen LogP contribution >= 0.6 is 11.8 Å². The summed E-state index contributed by atoms with van der Waals surface area (Å²) in [4.78, 5) is 24.1. The second-order valence-corrected chi connectivity index (χ2v) is 11.2. The smallest absolute Gasteiger partial charge is 0.330 e. The van der Waals surface area contributed by atoms with E-state index in [4.69, 9.17) is 0 Å². The average Bonchev–Trinajstić information content (AvgIpc) is 2.73. The zero-order valence-electron chi connectivity index (χ0n) is 18.9. The first-order valence-corrected chi connectivity index (χ1v) is 12.1. The van der Waals surface area contributed by atoms with Crippen molar-refractivity contribution < 1.29 is 9.90 Å². The van der Waals surface area contributed by atoms with Gasteiger partial charge in [0.15, 0.2) is 5.82 Å². The summed E-state index contributed by atoms with van der Waals surface area (Å²) < 4.78 is 0. The van der Waals surface area contributed by atoms with Crippen molar-refractivity contribution in [3.63, 3.8) is 0 Å². The van der Waals surface area contributed by atoms with Crippen LogP contribution in [0.2, 0.25) is 0 Å². The Balaban J connectivity index is 1.37. The number of fused-ring (bicyclic) bond motifs is 4. The summed E-state index contributed by atoms with van der Waals surface area (Å²) in [5, 5.41) is 13.8. The molecule has 2 atom stereocenters. The molecule has 2 bridgehead atoms. The van der Waals surface area contributed by atoms with Crippen molar-refractivity contribution in [2.75, 3.05) is 18.4 Å². The molecule has 7 heteroatoms. The van der Waals surface area contributed by atoms with E-state index in [-0.39, 0.29) is 10.8 Å². The molecule has 2 fully saturated rings. The van der Waals surface area contributed by atoms with Crippen molar-refractivity contribution >= 4 is 29.2 Å². The Kier molecular flexibility index (Phi) is 5.29. The van der Waals surface area contributed by atoms with E-state index in [0.29, 0.717) is 11.5 Å². The fourth-order valence-corrected chi connectivity index (χ4v) is 7.03. The van der Waals surface area contributed by atoms with Crippen molar-refractivity contribution in [2.24, 2.45) is 16.7 Å². The molecule has 1 saturated heterocycles. The largest absolute Gasteiger partial charge is 0.478 e. The van der Waals surface area contributed by atoms with Crippen LogP contribution in [0.5, 0.6) is 0 Å². The zero-order chi connectivity index (χ0) is 22.5. The van der Waals surface area contributed by atoms with E-state index in [0.717, 1.165) is 49.0 Å². The first kappa shape index (κ1) is 21.5. The van der Waals surface area contributed by atoms with Crippen LogP contribution < -0.4 is 5.32 Å². The van der Waals surface area contributed by atoms with Gasteiger partial charge in [-0.05, 0) is 54.2 Å². The van der Waals surface area contributed by atoms with Gasteiger partial charge >= 0.3 is 5.97 Å². The molecule has 2 aliphatic heterocycles. The molecule has 1 saturated carbocycles. The van der Waals surface area contributed by atoms with Gasteiger partial charge in [0, 0.05) is 42.5 Å². The normalized spacial score (nSPS) is 29.6. The summed E-state index contributed by atoms with van der Waals surface area (Å²) in [5.41, 5.74) is 3.04. The predicted octanol–water partition coefficient (Wildman–Crippen LogP) is 5.34. The number of hydrogen-bond acceptors (Lipinski definition) is 6. The van der Waals surface area contributed by atoms with Gasteiger partial charge < -0.3 is 10.4 Å². The number of anilines is 2. The topological polar surface area (TPSA) is 78.3 Å². The highest BCUT2D eigenvalue weighted by molar-refractivity contribution is 7.99. The van der Waals surface area contributed by atoms with Crippen molar-refractivity contribution in [1.82, 2.24) is 14.9 Å². The number of nitrogens with zero attached hydrogens (tertiary/aromatic N) is 3. The molecule has 3 aliphatic rings. The highest BCUT2D eigenvalue weighted by Gasteiger charge is 2.52. The lowest BCUT2D eigenvalue weighted by Crippen LogP contribution is -2.58. The van der Waals surface area contributed by atoms with Gasteiger partial charge in [0.05, 0.1) is 5.69 Å². The number of nitrogens with one attached hydrogen (secondary N) is 1. The van der Waals surface area contributed by atoms with Crippen molar-refractivity contribution in [3.8, 4) is 0 Å². The van der Waals surface area contributed by atoms with Gasteiger partial charge in [-0.3, -0.25) is 4.90 Å². The third kappa shape index (κ3) is 3.82. The third-order valence-electron chi connectivity index (χ3n) is 7.50. The second-order valence-electron chi connectivity index (χ2n) is 10.2. The van der Waals surface area contributed by atoms with Crippen LogP contribution in [0.15, 0.2) is 52.2 Å². The SMILES string of the molecule is CC(=CC1C2(C)CCCC1(C)CN(Cc1ccc3c(c1)Nc1nccnc1S3)C2)C(=O)O. The lowest BCUT2D eigenvalue weighted by Gasteiger charge is -2.59. The number of carboxylic acids is 1. The summed E-state index contributed by atoms with van der Waals surface area (Å²) in [6.07, 6.45) is 9.00. The number of likely N-dealkylation sites (tertiary alicyclic amines) is 1. The molecule has 1 aromatic carbocycles. The Hall–Kier alpha value is -2.38. The van der Waals surface area contributed by atoms with Crippen LogP contribution in [-0.4, -0.2) is 39.0 Å². The van der Waals surface area contributed by atoms with Crippen LogP contribution in [0, 0.1) is 16.7 Å². The van der Waals surface area contributed by atoms with Gasteiger partial charge in [0.1, 0.15) is 5.03 Å². The number of aromatic nitrogens is 2. The highest BCUT2D eigenvalue weighted by atomic mass is 32.2. The molecule has 1 aromatic heterocycles. The molecule has 168 valence electrons. The number of aliphatic carboxylic acids is 1. The summed E-state index contributed by atoms with van der Waals surface area (Å²) in [5.74, 6) is 0.314. The van der Waals surface area contributed by atoms with Crippen LogP contribution in [-0.2, 0) is 11.3 Å². The first-order valence-electron chi connectivity index (χ1n) is 11.3. The maximum absolute atomic E-state index is 11.5. The number of allylic oxidation sites excluding steroid dienone is 1. The van der Waals surface area contributed by atoms with E-state index in [1.54, 1.807) is 31.1 Å². The maximum Gasteiger partial charge on any atom is 0.330 e. The molecule has 5 rings (SSSR count). The van der Waals surface area contributed by atoms with Crippen molar-refractivity contribution in [2.45, 2.75) is 56.5 Å². The molecular weight excluding hydrogens is 420 g/mol. The molecule has 3 heterocycles. The van der Waals surface area contributed by atoms with Gasteiger partial charge in [0.2, 0.25) is 0 Å². The van der Waals surface area contributed by atoms with Crippen LogP contribution in [0.4, 0.5) is 11.5 Å². The minimum absolute atomic E-state index is 0.0960. The molecule has 6 nitrogen and oxygen atoms in total. The molecule has 2 unspecified atom stereocenters. The van der Waals surface area contributed by atoms with Crippen molar-refractivity contribution in [1.29, 1.82) is 0 Å².